The second-order valence-corrected chi connectivity index (χ2v) is 5.04. The van der Waals surface area contributed by atoms with Crippen LogP contribution >= 0.6 is 0 Å². The van der Waals surface area contributed by atoms with E-state index in [1.54, 1.807) is 7.11 Å². The van der Waals surface area contributed by atoms with Crippen LogP contribution in [0.3, 0.4) is 0 Å². The molecule has 2 heteroatoms. The van der Waals surface area contributed by atoms with Crippen molar-refractivity contribution in [2.24, 2.45) is 11.8 Å². The molecule has 0 aromatic carbocycles. The Kier molecular flexibility index (Phi) is 7.03. The molecule has 1 atom stereocenters. The monoisotopic (exact) mass is 213 g/mol. The van der Waals surface area contributed by atoms with Gasteiger partial charge in [0.1, 0.15) is 0 Å². The van der Waals surface area contributed by atoms with Crippen LogP contribution in [0.2, 0.25) is 0 Å². The van der Waals surface area contributed by atoms with E-state index in [-0.39, 0.29) is 0 Å². The number of rotatable bonds is 7. The molecule has 1 unspecified atom stereocenters. The van der Waals surface area contributed by atoms with Crippen molar-refractivity contribution in [1.82, 2.24) is 5.32 Å². The lowest BCUT2D eigenvalue weighted by Gasteiger charge is -2.24. The lowest BCUT2D eigenvalue weighted by molar-refractivity contribution is 0.196. The molecule has 1 rings (SSSR count). The zero-order chi connectivity index (χ0) is 10.9. The van der Waals surface area contributed by atoms with E-state index in [4.69, 9.17) is 4.74 Å². The average molecular weight is 213 g/mol. The Labute approximate surface area is 94.8 Å². The maximum Gasteiger partial charge on any atom is 0.0587 e. The molecule has 0 saturated heterocycles. The van der Waals surface area contributed by atoms with Crippen LogP contribution < -0.4 is 5.32 Å². The largest absolute Gasteiger partial charge is 0.383 e. The van der Waals surface area contributed by atoms with Gasteiger partial charge in [0.15, 0.2) is 0 Å². The van der Waals surface area contributed by atoms with E-state index in [0.717, 1.165) is 31.5 Å². The van der Waals surface area contributed by atoms with Crippen molar-refractivity contribution in [1.29, 1.82) is 0 Å². The maximum absolute atomic E-state index is 5.01. The quantitative estimate of drug-likeness (QED) is 0.657. The molecule has 0 aromatic rings. The Morgan fingerprint density at radius 2 is 2.00 bits per heavy atom. The van der Waals surface area contributed by atoms with E-state index < -0.39 is 0 Å². The molecule has 90 valence electrons. The summed E-state index contributed by atoms with van der Waals surface area (Å²) in [6.45, 7) is 5.34. The van der Waals surface area contributed by atoms with Gasteiger partial charge >= 0.3 is 0 Å². The number of nitrogens with one attached hydrogen (secondary N) is 1. The van der Waals surface area contributed by atoms with Crippen molar-refractivity contribution in [3.05, 3.63) is 0 Å². The zero-order valence-corrected chi connectivity index (χ0v) is 10.4. The predicted molar refractivity (Wildman–Crippen MR) is 65.1 cm³/mol. The molecular weight excluding hydrogens is 186 g/mol. The third-order valence-electron chi connectivity index (χ3n) is 3.44. The average Bonchev–Trinajstić information content (AvgIpc) is 2.26. The number of ether oxygens (including phenoxy) is 1. The van der Waals surface area contributed by atoms with Crippen LogP contribution in [-0.2, 0) is 4.74 Å². The minimum atomic E-state index is 0.824. The van der Waals surface area contributed by atoms with Gasteiger partial charge in [0.2, 0.25) is 0 Å². The van der Waals surface area contributed by atoms with E-state index >= 15 is 0 Å². The summed E-state index contributed by atoms with van der Waals surface area (Å²) in [6.07, 6.45) is 8.77. The highest BCUT2D eigenvalue weighted by Gasteiger charge is 2.15. The molecule has 2 nitrogen and oxygen atoms in total. The lowest BCUT2D eigenvalue weighted by Crippen LogP contribution is -2.26. The molecule has 0 aliphatic heterocycles. The van der Waals surface area contributed by atoms with Gasteiger partial charge < -0.3 is 10.1 Å². The topological polar surface area (TPSA) is 21.3 Å². The first kappa shape index (κ1) is 13.0. The second kappa shape index (κ2) is 8.12. The third-order valence-corrected chi connectivity index (χ3v) is 3.44. The van der Waals surface area contributed by atoms with Crippen LogP contribution in [0.4, 0.5) is 0 Å². The van der Waals surface area contributed by atoms with Gasteiger partial charge in [0.05, 0.1) is 6.61 Å². The van der Waals surface area contributed by atoms with E-state index in [1.807, 2.05) is 0 Å². The summed E-state index contributed by atoms with van der Waals surface area (Å²) in [5, 5.41) is 3.45. The Morgan fingerprint density at radius 3 is 2.67 bits per heavy atom. The highest BCUT2D eigenvalue weighted by molar-refractivity contribution is 4.69. The first-order valence-corrected chi connectivity index (χ1v) is 6.52. The summed E-state index contributed by atoms with van der Waals surface area (Å²) in [6, 6.07) is 0. The number of hydrogen-bond donors (Lipinski definition) is 1. The van der Waals surface area contributed by atoms with Crippen molar-refractivity contribution >= 4 is 0 Å². The van der Waals surface area contributed by atoms with E-state index in [9.17, 15) is 0 Å². The molecule has 0 spiro atoms. The SMILES string of the molecule is COCCNCC(C)CC1CCCCC1. The van der Waals surface area contributed by atoms with E-state index in [0.29, 0.717) is 0 Å². The van der Waals surface area contributed by atoms with Crippen LogP contribution in [0.15, 0.2) is 0 Å². The number of methoxy groups -OCH3 is 1. The molecule has 1 fully saturated rings. The summed E-state index contributed by atoms with van der Waals surface area (Å²) in [4.78, 5) is 0. The van der Waals surface area contributed by atoms with Gasteiger partial charge in [-0.3, -0.25) is 0 Å². The molecule has 0 heterocycles. The summed E-state index contributed by atoms with van der Waals surface area (Å²) in [5.74, 6) is 1.84. The van der Waals surface area contributed by atoms with Gasteiger partial charge in [0, 0.05) is 13.7 Å². The summed E-state index contributed by atoms with van der Waals surface area (Å²) >= 11 is 0. The van der Waals surface area contributed by atoms with Crippen LogP contribution in [0.1, 0.15) is 45.4 Å². The maximum atomic E-state index is 5.01. The van der Waals surface area contributed by atoms with E-state index in [2.05, 4.69) is 12.2 Å². The zero-order valence-electron chi connectivity index (χ0n) is 10.4. The molecule has 15 heavy (non-hydrogen) atoms. The van der Waals surface area contributed by atoms with Crippen molar-refractivity contribution in [3.63, 3.8) is 0 Å². The van der Waals surface area contributed by atoms with Gasteiger partial charge in [-0.25, -0.2) is 0 Å². The Morgan fingerprint density at radius 1 is 1.27 bits per heavy atom. The van der Waals surface area contributed by atoms with Crippen molar-refractivity contribution in [2.75, 3.05) is 26.8 Å². The molecule has 0 aromatic heterocycles. The fourth-order valence-corrected chi connectivity index (χ4v) is 2.60. The molecule has 1 aliphatic carbocycles. The van der Waals surface area contributed by atoms with Crippen LogP contribution in [-0.4, -0.2) is 26.8 Å². The van der Waals surface area contributed by atoms with Crippen LogP contribution in [0.25, 0.3) is 0 Å². The van der Waals surface area contributed by atoms with Crippen molar-refractivity contribution in [3.8, 4) is 0 Å². The highest BCUT2D eigenvalue weighted by atomic mass is 16.5. The number of hydrogen-bond acceptors (Lipinski definition) is 2. The normalized spacial score (nSPS) is 20.4. The van der Waals surface area contributed by atoms with Gasteiger partial charge in [-0.05, 0) is 24.8 Å². The minimum absolute atomic E-state index is 0.824. The van der Waals surface area contributed by atoms with Gasteiger partial charge in [0.25, 0.3) is 0 Å². The lowest BCUT2D eigenvalue weighted by atomic mass is 9.83. The van der Waals surface area contributed by atoms with Crippen LogP contribution in [0.5, 0.6) is 0 Å². The van der Waals surface area contributed by atoms with Gasteiger partial charge in [-0.1, -0.05) is 39.0 Å². The molecule has 1 N–H and O–H groups in total. The minimum Gasteiger partial charge on any atom is -0.383 e. The summed E-state index contributed by atoms with van der Waals surface area (Å²) in [5.41, 5.74) is 0. The first-order chi connectivity index (χ1) is 7.33. The van der Waals surface area contributed by atoms with Crippen molar-refractivity contribution < 1.29 is 4.74 Å². The Hall–Kier alpha value is -0.0800. The Bertz CT molecular complexity index is 143. The highest BCUT2D eigenvalue weighted by Crippen LogP contribution is 2.28. The van der Waals surface area contributed by atoms with Gasteiger partial charge in [-0.15, -0.1) is 0 Å². The fraction of sp³-hybridized carbons (Fsp3) is 1.00. The summed E-state index contributed by atoms with van der Waals surface area (Å²) in [7, 11) is 1.76. The first-order valence-electron chi connectivity index (χ1n) is 6.52. The summed E-state index contributed by atoms with van der Waals surface area (Å²) < 4.78 is 5.01. The van der Waals surface area contributed by atoms with Crippen molar-refractivity contribution in [2.45, 2.75) is 45.4 Å². The smallest absolute Gasteiger partial charge is 0.0587 e. The standard InChI is InChI=1S/C13H27NO/c1-12(11-14-8-9-15-2)10-13-6-4-3-5-7-13/h12-14H,3-11H2,1-2H3. The molecule has 0 bridgehead atoms. The predicted octanol–water partition coefficient (Wildman–Crippen LogP) is 2.83. The molecule has 1 aliphatic rings. The second-order valence-electron chi connectivity index (χ2n) is 5.04. The van der Waals surface area contributed by atoms with E-state index in [1.165, 1.54) is 38.5 Å². The fourth-order valence-electron chi connectivity index (χ4n) is 2.60. The Balaban J connectivity index is 1.98. The molecule has 0 radical (unpaired) electrons. The molecule has 1 saturated carbocycles. The molecular formula is C13H27NO. The molecule has 0 amide bonds. The van der Waals surface area contributed by atoms with Gasteiger partial charge in [-0.2, -0.15) is 0 Å². The third kappa shape index (κ3) is 6.16. The van der Waals surface area contributed by atoms with Crippen LogP contribution in [0, 0.1) is 11.8 Å².